The molecule has 6 heteroatoms. The van der Waals surface area contributed by atoms with Gasteiger partial charge in [0.05, 0.1) is 12.7 Å². The minimum Gasteiger partial charge on any atom is -0.496 e. The molecule has 6 nitrogen and oxygen atoms in total. The van der Waals surface area contributed by atoms with Crippen LogP contribution in [-0.4, -0.2) is 35.9 Å². The molecule has 1 fully saturated rings. The fraction of sp³-hybridized carbons (Fsp3) is 0.481. The van der Waals surface area contributed by atoms with E-state index in [0.717, 1.165) is 31.2 Å². The van der Waals surface area contributed by atoms with Gasteiger partial charge in [0.25, 0.3) is 5.91 Å². The summed E-state index contributed by atoms with van der Waals surface area (Å²) in [4.78, 5) is 27.9. The highest BCUT2D eigenvalue weighted by Crippen LogP contribution is 2.28. The van der Waals surface area contributed by atoms with Crippen LogP contribution in [0, 0.1) is 5.41 Å². The molecule has 1 saturated carbocycles. The van der Waals surface area contributed by atoms with Gasteiger partial charge in [-0.2, -0.15) is 0 Å². The summed E-state index contributed by atoms with van der Waals surface area (Å²) in [6.45, 7) is 6.78. The molecule has 0 radical (unpaired) electrons. The molecule has 2 aromatic carbocycles. The summed E-state index contributed by atoms with van der Waals surface area (Å²) in [6.07, 6.45) is 4.62. The quantitative estimate of drug-likeness (QED) is 0.622. The summed E-state index contributed by atoms with van der Waals surface area (Å²) >= 11 is 0. The molecule has 0 heterocycles. The summed E-state index contributed by atoms with van der Waals surface area (Å²) in [5, 5.41) is 2.92. The molecule has 2 amide bonds. The van der Waals surface area contributed by atoms with Crippen molar-refractivity contribution in [1.29, 1.82) is 0 Å². The van der Waals surface area contributed by atoms with Crippen molar-refractivity contribution in [2.45, 2.75) is 71.5 Å². The van der Waals surface area contributed by atoms with Crippen LogP contribution in [0.15, 0.2) is 48.5 Å². The number of nitrogens with two attached hydrogens (primary N) is 1. The number of hydrogen-bond donors (Lipinski definition) is 2. The van der Waals surface area contributed by atoms with Crippen molar-refractivity contribution in [3.63, 3.8) is 0 Å². The van der Waals surface area contributed by atoms with Gasteiger partial charge < -0.3 is 20.7 Å². The summed E-state index contributed by atoms with van der Waals surface area (Å²) in [6, 6.07) is 14.9. The first kappa shape index (κ1) is 24.8. The van der Waals surface area contributed by atoms with Gasteiger partial charge in [-0.05, 0) is 48.1 Å². The number of amides is 2. The van der Waals surface area contributed by atoms with E-state index in [4.69, 9.17) is 10.5 Å². The van der Waals surface area contributed by atoms with Gasteiger partial charge in [0.15, 0.2) is 0 Å². The first-order chi connectivity index (χ1) is 15.7. The number of para-hydroxylation sites is 1. The molecule has 0 aromatic heterocycles. The Hall–Kier alpha value is -2.86. The van der Waals surface area contributed by atoms with Gasteiger partial charge in [0.2, 0.25) is 5.91 Å². The van der Waals surface area contributed by atoms with E-state index in [1.807, 2.05) is 35.2 Å². The number of nitrogens with zero attached hydrogens (tertiary/aromatic N) is 1. The van der Waals surface area contributed by atoms with Crippen LogP contribution in [0.5, 0.6) is 5.75 Å². The number of carbonyl (C=O) groups excluding carboxylic acids is 2. The van der Waals surface area contributed by atoms with Crippen molar-refractivity contribution < 1.29 is 14.3 Å². The van der Waals surface area contributed by atoms with E-state index in [9.17, 15) is 9.59 Å². The smallest absolute Gasteiger partial charge is 0.259 e. The molecule has 178 valence electrons. The first-order valence-electron chi connectivity index (χ1n) is 11.8. The second kappa shape index (κ2) is 10.8. The fourth-order valence-corrected chi connectivity index (χ4v) is 4.39. The standard InChI is InChI=1S/C27H37N3O3/c1-27(2,3)17-25(31)30(23-11-7-6-10-22(23)28)18-19-13-15-20(16-14-19)29-26(32)21-9-5-8-12-24(21)33-4/h5,8-9,12-16,22-23H,6-7,10-11,17-18,28H2,1-4H3,(H,29,32). The van der Waals surface area contributed by atoms with Crippen LogP contribution in [0.25, 0.3) is 0 Å². The maximum absolute atomic E-state index is 13.2. The second-order valence-electron chi connectivity index (χ2n) is 10.1. The lowest BCUT2D eigenvalue weighted by molar-refractivity contribution is -0.137. The molecule has 3 rings (SSSR count). The van der Waals surface area contributed by atoms with Crippen molar-refractivity contribution >= 4 is 17.5 Å². The van der Waals surface area contributed by atoms with Gasteiger partial charge in [0, 0.05) is 30.7 Å². The molecule has 2 atom stereocenters. The first-order valence-corrected chi connectivity index (χ1v) is 11.8. The highest BCUT2D eigenvalue weighted by molar-refractivity contribution is 6.06. The Morgan fingerprint density at radius 1 is 1.06 bits per heavy atom. The van der Waals surface area contributed by atoms with Gasteiger partial charge in [0.1, 0.15) is 5.75 Å². The Morgan fingerprint density at radius 3 is 2.36 bits per heavy atom. The van der Waals surface area contributed by atoms with E-state index in [-0.39, 0.29) is 29.3 Å². The lowest BCUT2D eigenvalue weighted by Crippen LogP contribution is -2.52. The normalized spacial score (nSPS) is 18.5. The lowest BCUT2D eigenvalue weighted by atomic mass is 9.87. The summed E-state index contributed by atoms with van der Waals surface area (Å²) in [5.41, 5.74) is 8.55. The number of carbonyl (C=O) groups is 2. The Morgan fingerprint density at radius 2 is 1.73 bits per heavy atom. The molecule has 0 aliphatic heterocycles. The minimum atomic E-state index is -0.227. The largest absolute Gasteiger partial charge is 0.496 e. The fourth-order valence-electron chi connectivity index (χ4n) is 4.39. The number of methoxy groups -OCH3 is 1. The topological polar surface area (TPSA) is 84.7 Å². The predicted octanol–water partition coefficient (Wildman–Crippen LogP) is 4.98. The number of hydrogen-bond acceptors (Lipinski definition) is 4. The molecule has 2 aromatic rings. The minimum absolute atomic E-state index is 0.0158. The van der Waals surface area contributed by atoms with Crippen LogP contribution in [0.3, 0.4) is 0 Å². The van der Waals surface area contributed by atoms with Crippen molar-refractivity contribution in [1.82, 2.24) is 4.90 Å². The molecule has 2 unspecified atom stereocenters. The summed E-state index contributed by atoms with van der Waals surface area (Å²) in [5.74, 6) is 0.456. The van der Waals surface area contributed by atoms with Crippen molar-refractivity contribution in [3.05, 3.63) is 59.7 Å². The van der Waals surface area contributed by atoms with E-state index < -0.39 is 0 Å². The molecule has 0 bridgehead atoms. The van der Waals surface area contributed by atoms with Crippen molar-refractivity contribution in [2.75, 3.05) is 12.4 Å². The van der Waals surface area contributed by atoms with E-state index in [1.54, 1.807) is 25.3 Å². The molecular weight excluding hydrogens is 414 g/mol. The zero-order chi connectivity index (χ0) is 24.0. The Labute approximate surface area is 197 Å². The molecule has 0 spiro atoms. The predicted molar refractivity (Wildman–Crippen MR) is 132 cm³/mol. The number of ether oxygens (including phenoxy) is 1. The van der Waals surface area contributed by atoms with Gasteiger partial charge in [-0.3, -0.25) is 9.59 Å². The maximum atomic E-state index is 13.2. The molecule has 3 N–H and O–H groups in total. The van der Waals surface area contributed by atoms with Crippen LogP contribution in [-0.2, 0) is 11.3 Å². The number of anilines is 1. The lowest BCUT2D eigenvalue weighted by Gasteiger charge is -2.39. The van der Waals surface area contributed by atoms with Gasteiger partial charge >= 0.3 is 0 Å². The number of nitrogens with one attached hydrogen (secondary N) is 1. The van der Waals surface area contributed by atoms with Crippen molar-refractivity contribution in [2.24, 2.45) is 11.1 Å². The summed E-state index contributed by atoms with van der Waals surface area (Å²) < 4.78 is 5.28. The van der Waals surface area contributed by atoms with Gasteiger partial charge in [-0.25, -0.2) is 0 Å². The van der Waals surface area contributed by atoms with Crippen LogP contribution >= 0.6 is 0 Å². The van der Waals surface area contributed by atoms with E-state index in [1.165, 1.54) is 0 Å². The average molecular weight is 452 g/mol. The number of rotatable bonds is 7. The van der Waals surface area contributed by atoms with Crippen LogP contribution < -0.4 is 15.8 Å². The van der Waals surface area contributed by atoms with Gasteiger partial charge in [-0.15, -0.1) is 0 Å². The third kappa shape index (κ3) is 6.81. The van der Waals surface area contributed by atoms with E-state index >= 15 is 0 Å². The summed E-state index contributed by atoms with van der Waals surface area (Å²) in [7, 11) is 1.55. The Bertz CT molecular complexity index is 950. The zero-order valence-electron chi connectivity index (χ0n) is 20.3. The van der Waals surface area contributed by atoms with E-state index in [2.05, 4.69) is 26.1 Å². The Kier molecular flexibility index (Phi) is 8.14. The van der Waals surface area contributed by atoms with E-state index in [0.29, 0.717) is 30.0 Å². The van der Waals surface area contributed by atoms with Gasteiger partial charge in [-0.1, -0.05) is 57.9 Å². The highest BCUT2D eigenvalue weighted by Gasteiger charge is 2.32. The van der Waals surface area contributed by atoms with Crippen LogP contribution in [0.2, 0.25) is 0 Å². The SMILES string of the molecule is COc1ccccc1C(=O)Nc1ccc(CN(C(=O)CC(C)(C)C)C2CCCCC2N)cc1. The second-order valence-corrected chi connectivity index (χ2v) is 10.1. The number of benzene rings is 2. The molecule has 1 aliphatic rings. The van der Waals surface area contributed by atoms with Crippen LogP contribution in [0.1, 0.15) is 68.8 Å². The average Bonchev–Trinajstić information content (AvgIpc) is 2.78. The zero-order valence-corrected chi connectivity index (χ0v) is 20.3. The van der Waals surface area contributed by atoms with Crippen LogP contribution in [0.4, 0.5) is 5.69 Å². The van der Waals surface area contributed by atoms with Crippen molar-refractivity contribution in [3.8, 4) is 5.75 Å². The highest BCUT2D eigenvalue weighted by atomic mass is 16.5. The Balaban J connectivity index is 1.73. The maximum Gasteiger partial charge on any atom is 0.259 e. The molecule has 33 heavy (non-hydrogen) atoms. The molecular formula is C27H37N3O3. The third-order valence-electron chi connectivity index (χ3n) is 6.10. The third-order valence-corrected chi connectivity index (χ3v) is 6.10. The monoisotopic (exact) mass is 451 g/mol. The molecule has 1 aliphatic carbocycles. The molecule has 0 saturated heterocycles.